The summed E-state index contributed by atoms with van der Waals surface area (Å²) in [5.74, 6) is 0. The molecule has 0 amide bonds. The van der Waals surface area contributed by atoms with Gasteiger partial charge in [-0.3, -0.25) is 0 Å². The second-order valence-electron chi connectivity index (χ2n) is 0. The third-order valence-electron chi connectivity index (χ3n) is 0. The van der Waals surface area contributed by atoms with Crippen molar-refractivity contribution in [2.75, 3.05) is 0 Å². The predicted octanol–water partition coefficient (Wildman–Crippen LogP) is -0.0100. The minimum absolute atomic E-state index is 0. The normalized spacial score (nSPS) is 0. The molecule has 0 saturated heterocycles. The van der Waals surface area contributed by atoms with Crippen molar-refractivity contribution in [1.82, 2.24) is 0 Å². The van der Waals surface area contributed by atoms with Gasteiger partial charge in [-0.2, -0.15) is 0 Å². The Labute approximate surface area is 71.8 Å². The summed E-state index contributed by atoms with van der Waals surface area (Å²) < 4.78 is 0. The average Bonchev–Trinajstić information content (AvgIpc) is 0. The van der Waals surface area contributed by atoms with E-state index < -0.39 is 0 Å². The van der Waals surface area contributed by atoms with Gasteiger partial charge >= 0.3 is 0 Å². The molecule has 0 spiro atoms. The molecular weight excluding hydrogens is 259 g/mol. The Bertz CT molecular complexity index is 6.00. The molecule has 27 valence electrons. The van der Waals surface area contributed by atoms with E-state index in [4.69, 9.17) is 0 Å². The molecule has 0 aromatic carbocycles. The summed E-state index contributed by atoms with van der Waals surface area (Å²) in [5.41, 5.74) is 0. The third-order valence-corrected chi connectivity index (χ3v) is 0. The van der Waals surface area contributed by atoms with E-state index in [9.17, 15) is 0 Å². The maximum absolute atomic E-state index is 0. The molecule has 4 heteroatoms. The number of rotatable bonds is 0. The first-order chi connectivity index (χ1) is 0. The molecule has 0 saturated carbocycles. The van der Waals surface area contributed by atoms with Crippen molar-refractivity contribution in [3.8, 4) is 0 Å². The van der Waals surface area contributed by atoms with Crippen LogP contribution in [0.3, 0.4) is 0 Å². The van der Waals surface area contributed by atoms with Crippen LogP contribution in [-0.4, -0.2) is 0 Å². The van der Waals surface area contributed by atoms with E-state index in [-0.39, 0.29) is 72.6 Å². The SMILES string of the molecule is [Co].[Cr].[Cr].[Mo]. The van der Waals surface area contributed by atoms with Crippen molar-refractivity contribution < 1.29 is 72.6 Å². The Hall–Kier alpha value is 2.26. The van der Waals surface area contributed by atoms with Crippen LogP contribution >= 0.6 is 0 Å². The molecule has 0 aliphatic heterocycles. The quantitative estimate of drug-likeness (QED) is 0.537. The first-order valence-electron chi connectivity index (χ1n) is 0. The molecule has 0 heterocycles. The Kier molecular flexibility index (Phi) is 158. The van der Waals surface area contributed by atoms with Gasteiger partial charge in [0.25, 0.3) is 0 Å². The molecular formula is CoCr2Mo. The maximum atomic E-state index is 0. The smallest absolute Gasteiger partial charge is 0 e. The van der Waals surface area contributed by atoms with Crippen molar-refractivity contribution in [3.05, 3.63) is 0 Å². The number of hydrogen-bond donors (Lipinski definition) is 0. The van der Waals surface area contributed by atoms with E-state index in [1.165, 1.54) is 0 Å². The van der Waals surface area contributed by atoms with Crippen molar-refractivity contribution in [1.29, 1.82) is 0 Å². The summed E-state index contributed by atoms with van der Waals surface area (Å²) in [6.07, 6.45) is 0. The molecule has 0 nitrogen and oxygen atoms in total. The fraction of sp³-hybridized carbons (Fsp3) is 0. The van der Waals surface area contributed by atoms with Gasteiger partial charge in [-0.05, 0) is 0 Å². The molecule has 0 aliphatic rings. The zero-order valence-electron chi connectivity index (χ0n) is 1.56. The minimum Gasteiger partial charge on any atom is 0 e. The summed E-state index contributed by atoms with van der Waals surface area (Å²) in [7, 11) is 0. The summed E-state index contributed by atoms with van der Waals surface area (Å²) in [5, 5.41) is 0. The van der Waals surface area contributed by atoms with Gasteiger partial charge in [-0.1, -0.05) is 0 Å². The zero-order chi connectivity index (χ0) is 0. The van der Waals surface area contributed by atoms with E-state index in [1.54, 1.807) is 0 Å². The Balaban J connectivity index is 0. The molecule has 0 N–H and O–H groups in total. The molecule has 0 aromatic rings. The molecule has 4 heavy (non-hydrogen) atoms. The van der Waals surface area contributed by atoms with Crippen molar-refractivity contribution >= 4 is 0 Å². The summed E-state index contributed by atoms with van der Waals surface area (Å²) >= 11 is 0. The Morgan fingerprint density at radius 2 is 0.750 bits per heavy atom. The second-order valence-corrected chi connectivity index (χ2v) is 0. The van der Waals surface area contributed by atoms with E-state index in [0.717, 1.165) is 0 Å². The molecule has 0 aromatic heterocycles. The fourth-order valence-electron chi connectivity index (χ4n) is 0. The monoisotopic (exact) mass is 261 g/mol. The number of hydrogen-bond acceptors (Lipinski definition) is 0. The van der Waals surface area contributed by atoms with Crippen molar-refractivity contribution in [2.45, 2.75) is 0 Å². The summed E-state index contributed by atoms with van der Waals surface area (Å²) in [4.78, 5) is 0. The molecule has 1 radical (unpaired) electrons. The second kappa shape index (κ2) is 18.7. The van der Waals surface area contributed by atoms with Gasteiger partial charge < -0.3 is 0 Å². The molecule has 0 aliphatic carbocycles. The topological polar surface area (TPSA) is 0 Å². The van der Waals surface area contributed by atoms with E-state index in [0.29, 0.717) is 0 Å². The van der Waals surface area contributed by atoms with Crippen LogP contribution in [0.5, 0.6) is 0 Å². The maximum Gasteiger partial charge on any atom is 0 e. The van der Waals surface area contributed by atoms with Crippen LogP contribution < -0.4 is 0 Å². The molecule has 0 bridgehead atoms. The first kappa shape index (κ1) is 33.9. The van der Waals surface area contributed by atoms with Gasteiger partial charge in [-0.15, -0.1) is 0 Å². The average molecular weight is 259 g/mol. The largest absolute Gasteiger partial charge is 0 e. The predicted molar refractivity (Wildman–Crippen MR) is 0 cm³/mol. The fourth-order valence-corrected chi connectivity index (χ4v) is 0. The van der Waals surface area contributed by atoms with Crippen LogP contribution in [0, 0.1) is 0 Å². The van der Waals surface area contributed by atoms with Gasteiger partial charge in [0.15, 0.2) is 0 Å². The van der Waals surface area contributed by atoms with Crippen LogP contribution in [0.25, 0.3) is 0 Å². The third kappa shape index (κ3) is 8.86. The first-order valence-corrected chi connectivity index (χ1v) is 0. The standard InChI is InChI=1S/Co.2Cr.Mo. The summed E-state index contributed by atoms with van der Waals surface area (Å²) in [6.45, 7) is 0. The van der Waals surface area contributed by atoms with Gasteiger partial charge in [0.2, 0.25) is 0 Å². The van der Waals surface area contributed by atoms with Crippen LogP contribution in [0.4, 0.5) is 0 Å². The Morgan fingerprint density at radius 3 is 0.750 bits per heavy atom. The van der Waals surface area contributed by atoms with Crippen LogP contribution in [0.15, 0.2) is 0 Å². The van der Waals surface area contributed by atoms with Gasteiger partial charge in [0.1, 0.15) is 0 Å². The minimum atomic E-state index is 0. The van der Waals surface area contributed by atoms with Crippen molar-refractivity contribution in [2.24, 2.45) is 0 Å². The van der Waals surface area contributed by atoms with E-state index in [2.05, 4.69) is 0 Å². The molecule has 0 atom stereocenters. The van der Waals surface area contributed by atoms with Crippen LogP contribution in [0.2, 0.25) is 0 Å². The van der Waals surface area contributed by atoms with Gasteiger partial charge in [-0.25, -0.2) is 0 Å². The zero-order valence-corrected chi connectivity index (χ0v) is 7.16. The van der Waals surface area contributed by atoms with Gasteiger partial charge in [0, 0.05) is 72.6 Å². The van der Waals surface area contributed by atoms with Crippen LogP contribution in [-0.2, 0) is 72.6 Å². The van der Waals surface area contributed by atoms with Gasteiger partial charge in [0.05, 0.1) is 0 Å². The molecule has 0 rings (SSSR count). The van der Waals surface area contributed by atoms with Crippen LogP contribution in [0.1, 0.15) is 0 Å². The van der Waals surface area contributed by atoms with E-state index in [1.807, 2.05) is 0 Å². The summed E-state index contributed by atoms with van der Waals surface area (Å²) in [6, 6.07) is 0. The Morgan fingerprint density at radius 1 is 0.750 bits per heavy atom. The van der Waals surface area contributed by atoms with Crippen molar-refractivity contribution in [3.63, 3.8) is 0 Å². The molecule has 0 fully saturated rings. The molecule has 0 unspecified atom stereocenters. The van der Waals surface area contributed by atoms with E-state index >= 15 is 0 Å².